The van der Waals surface area contributed by atoms with Crippen LogP contribution in [0.1, 0.15) is 27.2 Å². The monoisotopic (exact) mass is 274 g/mol. The Kier molecular flexibility index (Phi) is 4.75. The topological polar surface area (TPSA) is 99.1 Å². The molecule has 0 aromatic heterocycles. The Hall–Kier alpha value is -1.34. The Balaban J connectivity index is 2.50. The van der Waals surface area contributed by atoms with E-state index in [9.17, 15) is 14.7 Å². The molecule has 1 fully saturated rings. The van der Waals surface area contributed by atoms with Crippen LogP contribution in [0.3, 0.4) is 0 Å². The molecule has 0 unspecified atom stereocenters. The molecule has 1 aliphatic rings. The van der Waals surface area contributed by atoms with Gasteiger partial charge in [-0.05, 0) is 33.7 Å². The number of rotatable bonds is 5. The van der Waals surface area contributed by atoms with Crippen molar-refractivity contribution in [2.75, 3.05) is 26.2 Å². The van der Waals surface area contributed by atoms with Crippen molar-refractivity contribution in [1.82, 2.24) is 10.2 Å². The average Bonchev–Trinajstić information content (AvgIpc) is 2.18. The van der Waals surface area contributed by atoms with E-state index in [1.165, 1.54) is 4.90 Å². The first kappa shape index (κ1) is 15.7. The predicted molar refractivity (Wildman–Crippen MR) is 67.9 cm³/mol. The second-order valence-corrected chi connectivity index (χ2v) is 5.73. The van der Waals surface area contributed by atoms with Gasteiger partial charge in [0.05, 0.1) is 13.1 Å². The Bertz CT molecular complexity index is 345. The van der Waals surface area contributed by atoms with Crippen LogP contribution in [-0.4, -0.2) is 64.6 Å². The van der Waals surface area contributed by atoms with Crippen molar-refractivity contribution in [2.45, 2.75) is 38.3 Å². The molecule has 1 heterocycles. The summed E-state index contributed by atoms with van der Waals surface area (Å²) in [5.74, 6) is -0.995. The number of ether oxygens (including phenoxy) is 1. The summed E-state index contributed by atoms with van der Waals surface area (Å²) in [6.45, 7) is 5.81. The number of carbonyl (C=O) groups excluding carboxylic acids is 1. The standard InChI is InChI=1S/C12H22N2O5/c1-11(2,3)19-10(18)14-7-12(8-14,9(16)17)13-5-4-6-15/h13,15H,4-8H2,1-3H3,(H,16,17). The van der Waals surface area contributed by atoms with Crippen LogP contribution in [0.25, 0.3) is 0 Å². The lowest BCUT2D eigenvalue weighted by Crippen LogP contribution is -2.74. The van der Waals surface area contributed by atoms with E-state index in [0.29, 0.717) is 13.0 Å². The van der Waals surface area contributed by atoms with Crippen LogP contribution in [0.15, 0.2) is 0 Å². The summed E-state index contributed by atoms with van der Waals surface area (Å²) in [5, 5.41) is 20.8. The highest BCUT2D eigenvalue weighted by molar-refractivity contribution is 5.84. The number of carboxylic acids is 1. The lowest BCUT2D eigenvalue weighted by atomic mass is 9.90. The number of aliphatic hydroxyl groups is 1. The van der Waals surface area contributed by atoms with Gasteiger partial charge in [0.15, 0.2) is 5.54 Å². The first-order valence-corrected chi connectivity index (χ1v) is 6.27. The van der Waals surface area contributed by atoms with E-state index in [1.807, 2.05) is 0 Å². The van der Waals surface area contributed by atoms with Gasteiger partial charge in [-0.2, -0.15) is 0 Å². The lowest BCUT2D eigenvalue weighted by molar-refractivity contribution is -0.152. The fraction of sp³-hybridized carbons (Fsp3) is 0.833. The normalized spacial score (nSPS) is 17.8. The number of carboxylic acid groups (broad SMARTS) is 1. The van der Waals surface area contributed by atoms with Crippen molar-refractivity contribution in [1.29, 1.82) is 0 Å². The van der Waals surface area contributed by atoms with Crippen LogP contribution in [0.4, 0.5) is 4.79 Å². The van der Waals surface area contributed by atoms with E-state index in [0.717, 1.165) is 0 Å². The third kappa shape index (κ3) is 4.07. The van der Waals surface area contributed by atoms with Gasteiger partial charge in [-0.15, -0.1) is 0 Å². The number of carbonyl (C=O) groups is 2. The molecule has 0 aromatic carbocycles. The van der Waals surface area contributed by atoms with Gasteiger partial charge in [0.25, 0.3) is 0 Å². The summed E-state index contributed by atoms with van der Waals surface area (Å²) in [5.41, 5.74) is -1.71. The Labute approximate surface area is 112 Å². The number of hydrogen-bond acceptors (Lipinski definition) is 5. The van der Waals surface area contributed by atoms with Crippen molar-refractivity contribution in [2.24, 2.45) is 0 Å². The summed E-state index contributed by atoms with van der Waals surface area (Å²) in [6, 6.07) is 0. The van der Waals surface area contributed by atoms with E-state index in [4.69, 9.17) is 9.84 Å². The lowest BCUT2D eigenvalue weighted by Gasteiger charge is -2.47. The number of nitrogens with zero attached hydrogens (tertiary/aromatic N) is 1. The third-order valence-electron chi connectivity index (χ3n) is 2.78. The van der Waals surface area contributed by atoms with Gasteiger partial charge in [-0.1, -0.05) is 0 Å². The second kappa shape index (κ2) is 5.75. The largest absolute Gasteiger partial charge is 0.480 e. The molecule has 0 atom stereocenters. The molecule has 110 valence electrons. The van der Waals surface area contributed by atoms with E-state index < -0.39 is 23.2 Å². The maximum absolute atomic E-state index is 11.7. The summed E-state index contributed by atoms with van der Waals surface area (Å²) >= 11 is 0. The van der Waals surface area contributed by atoms with Crippen LogP contribution in [0, 0.1) is 0 Å². The maximum Gasteiger partial charge on any atom is 0.410 e. The van der Waals surface area contributed by atoms with Crippen LogP contribution >= 0.6 is 0 Å². The van der Waals surface area contributed by atoms with E-state index >= 15 is 0 Å². The van der Waals surface area contributed by atoms with Gasteiger partial charge in [0.1, 0.15) is 5.60 Å². The van der Waals surface area contributed by atoms with Gasteiger partial charge in [-0.25, -0.2) is 4.79 Å². The number of nitrogens with one attached hydrogen (secondary N) is 1. The highest BCUT2D eigenvalue weighted by Crippen LogP contribution is 2.24. The van der Waals surface area contributed by atoms with Crippen LogP contribution in [0.5, 0.6) is 0 Å². The molecule has 7 nitrogen and oxygen atoms in total. The third-order valence-corrected chi connectivity index (χ3v) is 2.78. The fourth-order valence-corrected chi connectivity index (χ4v) is 1.79. The first-order valence-electron chi connectivity index (χ1n) is 6.27. The van der Waals surface area contributed by atoms with Gasteiger partial charge < -0.3 is 19.8 Å². The number of likely N-dealkylation sites (tertiary alicyclic amines) is 1. The number of amides is 1. The minimum Gasteiger partial charge on any atom is -0.480 e. The highest BCUT2D eigenvalue weighted by atomic mass is 16.6. The Morgan fingerprint density at radius 3 is 2.37 bits per heavy atom. The molecule has 0 spiro atoms. The molecule has 19 heavy (non-hydrogen) atoms. The molecule has 1 saturated heterocycles. The fourth-order valence-electron chi connectivity index (χ4n) is 1.79. The summed E-state index contributed by atoms with van der Waals surface area (Å²) in [6.07, 6.45) is -0.0325. The summed E-state index contributed by atoms with van der Waals surface area (Å²) in [4.78, 5) is 24.3. The molecular weight excluding hydrogens is 252 g/mol. The zero-order valence-corrected chi connectivity index (χ0v) is 11.6. The molecule has 1 aliphatic heterocycles. The van der Waals surface area contributed by atoms with Crippen molar-refractivity contribution in [3.8, 4) is 0 Å². The van der Waals surface area contributed by atoms with Gasteiger partial charge in [-0.3, -0.25) is 10.1 Å². The number of hydrogen-bond donors (Lipinski definition) is 3. The summed E-state index contributed by atoms with van der Waals surface area (Å²) < 4.78 is 5.17. The maximum atomic E-state index is 11.7. The van der Waals surface area contributed by atoms with Crippen LogP contribution < -0.4 is 5.32 Å². The molecule has 0 aliphatic carbocycles. The van der Waals surface area contributed by atoms with Crippen LogP contribution in [-0.2, 0) is 9.53 Å². The quantitative estimate of drug-likeness (QED) is 0.612. The number of aliphatic hydroxyl groups excluding tert-OH is 1. The second-order valence-electron chi connectivity index (χ2n) is 5.73. The van der Waals surface area contributed by atoms with E-state index in [1.54, 1.807) is 20.8 Å². The van der Waals surface area contributed by atoms with Gasteiger partial charge in [0.2, 0.25) is 0 Å². The zero-order valence-electron chi connectivity index (χ0n) is 11.6. The molecule has 1 rings (SSSR count). The minimum absolute atomic E-state index is 0.00151. The molecule has 3 N–H and O–H groups in total. The number of aliphatic carboxylic acids is 1. The minimum atomic E-state index is -1.12. The SMILES string of the molecule is CC(C)(C)OC(=O)N1CC(NCCCO)(C(=O)O)C1. The average molecular weight is 274 g/mol. The molecule has 0 aromatic rings. The smallest absolute Gasteiger partial charge is 0.410 e. The zero-order chi connectivity index (χ0) is 14.7. The Morgan fingerprint density at radius 2 is 1.95 bits per heavy atom. The molecular formula is C12H22N2O5. The van der Waals surface area contributed by atoms with Crippen LogP contribution in [0.2, 0.25) is 0 Å². The van der Waals surface area contributed by atoms with E-state index in [-0.39, 0.29) is 19.7 Å². The Morgan fingerprint density at radius 1 is 1.37 bits per heavy atom. The summed E-state index contributed by atoms with van der Waals surface area (Å²) in [7, 11) is 0. The molecule has 0 radical (unpaired) electrons. The van der Waals surface area contributed by atoms with Crippen molar-refractivity contribution >= 4 is 12.1 Å². The molecule has 0 bridgehead atoms. The first-order chi connectivity index (χ1) is 8.70. The van der Waals surface area contributed by atoms with E-state index in [2.05, 4.69) is 5.32 Å². The van der Waals surface area contributed by atoms with Gasteiger partial charge in [0, 0.05) is 6.61 Å². The van der Waals surface area contributed by atoms with Gasteiger partial charge >= 0.3 is 12.1 Å². The molecule has 0 saturated carbocycles. The van der Waals surface area contributed by atoms with Crippen molar-refractivity contribution in [3.63, 3.8) is 0 Å². The highest BCUT2D eigenvalue weighted by Gasteiger charge is 2.52. The molecule has 7 heteroatoms. The predicted octanol–water partition coefficient (Wildman–Crippen LogP) is 0.0325. The van der Waals surface area contributed by atoms with Crippen molar-refractivity contribution in [3.05, 3.63) is 0 Å². The molecule has 1 amide bonds. The van der Waals surface area contributed by atoms with Crippen molar-refractivity contribution < 1.29 is 24.5 Å².